The second-order valence-electron chi connectivity index (χ2n) is 9.19. The molecule has 180 valence electrons. The van der Waals surface area contributed by atoms with Crippen molar-refractivity contribution in [2.45, 2.75) is 91.6 Å². The first-order chi connectivity index (χ1) is 14.7. The van der Waals surface area contributed by atoms with Crippen LogP contribution in [0, 0.1) is 11.8 Å². The van der Waals surface area contributed by atoms with Crippen LogP contribution in [0.25, 0.3) is 0 Å². The fraction of sp³-hybridized carbons (Fsp3) is 0.875. The summed E-state index contributed by atoms with van der Waals surface area (Å²) in [6, 6.07) is 0.339. The van der Waals surface area contributed by atoms with Crippen molar-refractivity contribution in [1.29, 1.82) is 0 Å². The van der Waals surface area contributed by atoms with Gasteiger partial charge >= 0.3 is 0 Å². The van der Waals surface area contributed by atoms with Gasteiger partial charge in [-0.1, -0.05) is 20.8 Å². The fourth-order valence-electron chi connectivity index (χ4n) is 3.94. The summed E-state index contributed by atoms with van der Waals surface area (Å²) >= 11 is 0. The van der Waals surface area contributed by atoms with E-state index < -0.39 is 0 Å². The van der Waals surface area contributed by atoms with Crippen LogP contribution in [-0.4, -0.2) is 67.6 Å². The van der Waals surface area contributed by atoms with Crippen LogP contribution >= 0.6 is 0 Å². The van der Waals surface area contributed by atoms with Gasteiger partial charge in [0.25, 0.3) is 0 Å². The van der Waals surface area contributed by atoms with Crippen LogP contribution in [0.3, 0.4) is 0 Å². The quantitative estimate of drug-likeness (QED) is 0.395. The predicted molar refractivity (Wildman–Crippen MR) is 122 cm³/mol. The molecule has 1 saturated carbocycles. The van der Waals surface area contributed by atoms with E-state index in [-0.39, 0.29) is 29.8 Å². The van der Waals surface area contributed by atoms with Gasteiger partial charge in [0.15, 0.2) is 0 Å². The Morgan fingerprint density at radius 1 is 0.935 bits per heavy atom. The van der Waals surface area contributed by atoms with Crippen LogP contribution in [0.15, 0.2) is 0 Å². The van der Waals surface area contributed by atoms with Crippen LogP contribution in [0.2, 0.25) is 0 Å². The molecule has 0 aromatic carbocycles. The van der Waals surface area contributed by atoms with Crippen LogP contribution in [-0.2, 0) is 23.9 Å². The minimum Gasteiger partial charge on any atom is -0.379 e. The average Bonchev–Trinajstić information content (AvgIpc) is 2.71. The van der Waals surface area contributed by atoms with E-state index in [1.165, 1.54) is 0 Å². The summed E-state index contributed by atoms with van der Waals surface area (Å²) in [5.41, 5.74) is 0. The molecule has 1 aliphatic rings. The maximum atomic E-state index is 12.3. The van der Waals surface area contributed by atoms with Crippen LogP contribution in [0.1, 0.15) is 79.6 Å². The molecule has 0 radical (unpaired) electrons. The second-order valence-corrected chi connectivity index (χ2v) is 9.19. The van der Waals surface area contributed by atoms with Crippen molar-refractivity contribution in [1.82, 2.24) is 10.2 Å². The third kappa shape index (κ3) is 11.6. The van der Waals surface area contributed by atoms with Crippen molar-refractivity contribution in [2.75, 3.05) is 33.0 Å². The van der Waals surface area contributed by atoms with Gasteiger partial charge in [-0.05, 0) is 45.4 Å². The van der Waals surface area contributed by atoms with E-state index in [1.54, 1.807) is 0 Å². The first kappa shape index (κ1) is 27.6. The van der Waals surface area contributed by atoms with Gasteiger partial charge in [-0.3, -0.25) is 14.4 Å². The number of hydrogen-bond acceptors (Lipinski definition) is 5. The van der Waals surface area contributed by atoms with E-state index in [4.69, 9.17) is 9.47 Å². The zero-order valence-corrected chi connectivity index (χ0v) is 20.3. The van der Waals surface area contributed by atoms with Gasteiger partial charge < -0.3 is 19.7 Å². The number of amides is 2. The number of ketones is 1. The van der Waals surface area contributed by atoms with Crippen LogP contribution in [0.4, 0.5) is 0 Å². The summed E-state index contributed by atoms with van der Waals surface area (Å²) in [5, 5.41) is 3.06. The summed E-state index contributed by atoms with van der Waals surface area (Å²) in [4.78, 5) is 38.0. The number of rotatable bonds is 15. The zero-order valence-electron chi connectivity index (χ0n) is 20.3. The Labute approximate surface area is 188 Å². The lowest BCUT2D eigenvalue weighted by Gasteiger charge is -2.28. The fourth-order valence-corrected chi connectivity index (χ4v) is 3.94. The third-order valence-corrected chi connectivity index (χ3v) is 5.74. The number of ether oxygens (including phenoxy) is 2. The van der Waals surface area contributed by atoms with Crippen molar-refractivity contribution in [3.05, 3.63) is 0 Å². The highest BCUT2D eigenvalue weighted by Gasteiger charge is 2.25. The van der Waals surface area contributed by atoms with Crippen molar-refractivity contribution in [3.63, 3.8) is 0 Å². The topological polar surface area (TPSA) is 84.9 Å². The molecule has 0 saturated heterocycles. The molecule has 1 N–H and O–H groups in total. The number of nitrogens with one attached hydrogen (secondary N) is 1. The highest BCUT2D eigenvalue weighted by Crippen LogP contribution is 2.25. The first-order valence-electron chi connectivity index (χ1n) is 12.0. The van der Waals surface area contributed by atoms with Crippen LogP contribution < -0.4 is 5.32 Å². The molecule has 31 heavy (non-hydrogen) atoms. The summed E-state index contributed by atoms with van der Waals surface area (Å²) < 4.78 is 11.1. The molecule has 7 heteroatoms. The Balaban J connectivity index is 2.06. The molecular formula is C24H44N2O5. The van der Waals surface area contributed by atoms with E-state index in [9.17, 15) is 14.4 Å². The molecule has 0 aromatic rings. The first-order valence-corrected chi connectivity index (χ1v) is 12.0. The molecule has 0 aromatic heterocycles. The minimum absolute atomic E-state index is 0.00225. The molecule has 0 aliphatic heterocycles. The monoisotopic (exact) mass is 440 g/mol. The molecule has 0 unspecified atom stereocenters. The van der Waals surface area contributed by atoms with Gasteiger partial charge in [-0.25, -0.2) is 0 Å². The van der Waals surface area contributed by atoms with Crippen molar-refractivity contribution in [2.24, 2.45) is 11.8 Å². The molecule has 2 amide bonds. The number of carbonyl (C=O) groups is 3. The van der Waals surface area contributed by atoms with Crippen molar-refractivity contribution < 1.29 is 23.9 Å². The van der Waals surface area contributed by atoms with Gasteiger partial charge in [0.1, 0.15) is 5.78 Å². The summed E-state index contributed by atoms with van der Waals surface area (Å²) in [5.74, 6) is 1.05. The van der Waals surface area contributed by atoms with E-state index in [0.29, 0.717) is 63.9 Å². The number of hydrogen-bond donors (Lipinski definition) is 1. The molecule has 1 aliphatic carbocycles. The van der Waals surface area contributed by atoms with E-state index in [1.807, 2.05) is 39.5 Å². The summed E-state index contributed by atoms with van der Waals surface area (Å²) in [6.45, 7) is 12.3. The minimum atomic E-state index is 0.00225. The van der Waals surface area contributed by atoms with Crippen molar-refractivity contribution >= 4 is 17.6 Å². The lowest BCUT2D eigenvalue weighted by molar-refractivity contribution is -0.134. The normalized spacial score (nSPS) is 18.9. The predicted octanol–water partition coefficient (Wildman–Crippen LogP) is 3.35. The van der Waals surface area contributed by atoms with Gasteiger partial charge in [-0.15, -0.1) is 0 Å². The molecule has 7 nitrogen and oxygen atoms in total. The maximum Gasteiger partial charge on any atom is 0.223 e. The van der Waals surface area contributed by atoms with E-state index in [2.05, 4.69) is 5.32 Å². The zero-order chi connectivity index (χ0) is 23.2. The largest absolute Gasteiger partial charge is 0.379 e. The summed E-state index contributed by atoms with van der Waals surface area (Å²) in [6.07, 6.45) is 5.01. The van der Waals surface area contributed by atoms with Gasteiger partial charge in [-0.2, -0.15) is 0 Å². The van der Waals surface area contributed by atoms with Gasteiger partial charge in [0, 0.05) is 43.8 Å². The molecule has 0 spiro atoms. The number of Topliss-reactive ketones (excluding diaryl/α,β-unsaturated/α-hetero) is 1. The highest BCUT2D eigenvalue weighted by atomic mass is 16.5. The van der Waals surface area contributed by atoms with Gasteiger partial charge in [0.05, 0.1) is 26.4 Å². The molecular weight excluding hydrogens is 396 g/mol. The molecule has 0 bridgehead atoms. The average molecular weight is 441 g/mol. The Morgan fingerprint density at radius 3 is 2.10 bits per heavy atom. The summed E-state index contributed by atoms with van der Waals surface area (Å²) in [7, 11) is 0. The van der Waals surface area contributed by atoms with Crippen molar-refractivity contribution in [3.8, 4) is 0 Å². The number of nitrogens with zero attached hydrogens (tertiary/aromatic N) is 1. The maximum absolute atomic E-state index is 12.3. The Morgan fingerprint density at radius 2 is 1.55 bits per heavy atom. The lowest BCUT2D eigenvalue weighted by atomic mass is 9.83. The lowest BCUT2D eigenvalue weighted by Crippen LogP contribution is -2.40. The second kappa shape index (κ2) is 15.4. The highest BCUT2D eigenvalue weighted by molar-refractivity contribution is 5.81. The van der Waals surface area contributed by atoms with Crippen LogP contribution in [0.5, 0.6) is 0 Å². The van der Waals surface area contributed by atoms with Gasteiger partial charge in [0.2, 0.25) is 11.8 Å². The molecule has 0 heterocycles. The van der Waals surface area contributed by atoms with E-state index >= 15 is 0 Å². The third-order valence-electron chi connectivity index (χ3n) is 5.74. The molecule has 0 atom stereocenters. The molecule has 1 rings (SSSR count). The SMILES string of the molecule is CCC(=O)C1CCC(NC(=O)CCOCCOCCN(C(=O)CC(C)C)C(C)C)CC1. The number of carbonyl (C=O) groups excluding carboxylic acids is 3. The standard InChI is InChI=1S/C24H44N2O5/c1-6-22(27)20-7-9-21(10-8-20)25-23(28)11-13-30-15-16-31-14-12-26(19(4)5)24(29)17-18(2)3/h18-21H,6-17H2,1-5H3,(H,25,28). The Bertz CT molecular complexity index is 542. The van der Waals surface area contributed by atoms with E-state index in [0.717, 1.165) is 25.7 Å². The smallest absolute Gasteiger partial charge is 0.223 e. The molecule has 1 fully saturated rings. The Kier molecular flexibility index (Phi) is 13.7. The Hall–Kier alpha value is -1.47.